The highest BCUT2D eigenvalue weighted by atomic mass is 32.1. The van der Waals surface area contributed by atoms with Crippen molar-refractivity contribution in [2.45, 2.75) is 13.1 Å². The topological polar surface area (TPSA) is 189 Å². The standard InChI is InChI=1S/C9H4F3N5OS.C9H7N5OS/c10-9(11,12)5-1-6(15-3-14-5)16-8-4(2-13)7(18)17-19-8;1-5-2-7(12-4-11-5)13-9-6(3-10)8(15)14-16-9/h1,3H,(H,17,18)(H,14,15,16);2,4H,1H3,(H,14,15)(H,11,12,13). The number of nitrogens with one attached hydrogen (secondary N) is 4. The Morgan fingerprint density at radius 1 is 0.857 bits per heavy atom. The number of alkyl halides is 3. The highest BCUT2D eigenvalue weighted by Crippen LogP contribution is 2.29. The Balaban J connectivity index is 0.000000198. The van der Waals surface area contributed by atoms with E-state index >= 15 is 0 Å². The van der Waals surface area contributed by atoms with Crippen LogP contribution < -0.4 is 21.8 Å². The van der Waals surface area contributed by atoms with Gasteiger partial charge in [0.05, 0.1) is 0 Å². The Bertz CT molecular complexity index is 1540. The smallest absolute Gasteiger partial charge is 0.329 e. The Hall–Kier alpha value is -4.61. The predicted octanol–water partition coefficient (Wildman–Crippen LogP) is 3.01. The maximum absolute atomic E-state index is 12.4. The summed E-state index contributed by atoms with van der Waals surface area (Å²) in [5.41, 5.74) is -1.45. The number of anilines is 4. The molecule has 0 radical (unpaired) electrons. The maximum atomic E-state index is 12.4. The van der Waals surface area contributed by atoms with Gasteiger partial charge >= 0.3 is 6.18 Å². The predicted molar refractivity (Wildman–Crippen MR) is 120 cm³/mol. The third kappa shape index (κ3) is 6.25. The maximum Gasteiger partial charge on any atom is 0.433 e. The first-order chi connectivity index (χ1) is 16.6. The summed E-state index contributed by atoms with van der Waals surface area (Å²) in [6.45, 7) is 1.83. The largest absolute Gasteiger partial charge is 0.433 e. The van der Waals surface area contributed by atoms with E-state index in [1.54, 1.807) is 12.1 Å². The van der Waals surface area contributed by atoms with E-state index in [9.17, 15) is 22.8 Å². The molecule has 178 valence electrons. The van der Waals surface area contributed by atoms with Gasteiger partial charge < -0.3 is 10.6 Å². The average molecular weight is 520 g/mol. The van der Waals surface area contributed by atoms with Crippen molar-refractivity contribution in [2.75, 3.05) is 10.6 Å². The van der Waals surface area contributed by atoms with E-state index in [4.69, 9.17) is 10.5 Å². The van der Waals surface area contributed by atoms with Crippen molar-refractivity contribution in [3.63, 3.8) is 0 Å². The molecule has 17 heteroatoms. The summed E-state index contributed by atoms with van der Waals surface area (Å²) in [5, 5.41) is 23.4. The van der Waals surface area contributed by atoms with Gasteiger partial charge in [-0.15, -0.1) is 0 Å². The molecule has 4 aromatic rings. The van der Waals surface area contributed by atoms with Gasteiger partial charge in [0.15, 0.2) is 11.1 Å². The lowest BCUT2D eigenvalue weighted by Crippen LogP contribution is -2.09. The molecule has 4 N–H and O–H groups in total. The SMILES string of the molecule is Cc1cc(Nc2s[nH]c(=O)c2C#N)ncn1.N#Cc1c(Nc2cc(C(F)(F)F)ncn2)s[nH]c1=O. The molecule has 0 bridgehead atoms. The molecule has 0 saturated carbocycles. The molecule has 0 aliphatic carbocycles. The Kier molecular flexibility index (Phi) is 7.54. The van der Waals surface area contributed by atoms with Gasteiger partial charge in [-0.1, -0.05) is 0 Å². The molecule has 35 heavy (non-hydrogen) atoms. The highest BCUT2D eigenvalue weighted by molar-refractivity contribution is 7.10. The molecule has 0 spiro atoms. The van der Waals surface area contributed by atoms with E-state index < -0.39 is 17.4 Å². The van der Waals surface area contributed by atoms with Crippen LogP contribution in [0.25, 0.3) is 0 Å². The van der Waals surface area contributed by atoms with Crippen LogP contribution in [0, 0.1) is 29.6 Å². The minimum absolute atomic E-state index is 0.0706. The molecule has 4 aromatic heterocycles. The fourth-order valence-corrected chi connectivity index (χ4v) is 3.71. The number of nitrogens with zero attached hydrogens (tertiary/aromatic N) is 6. The highest BCUT2D eigenvalue weighted by Gasteiger charge is 2.32. The molecule has 0 aromatic carbocycles. The average Bonchev–Trinajstić information content (AvgIpc) is 3.34. The zero-order valence-electron chi connectivity index (χ0n) is 17.3. The summed E-state index contributed by atoms with van der Waals surface area (Å²) in [5.74, 6) is 0.397. The zero-order chi connectivity index (χ0) is 25.6. The second kappa shape index (κ2) is 10.5. The van der Waals surface area contributed by atoms with Crippen LogP contribution >= 0.6 is 23.1 Å². The Labute approximate surface area is 201 Å². The summed E-state index contributed by atoms with van der Waals surface area (Å²) in [6.07, 6.45) is -2.44. The Morgan fingerprint density at radius 3 is 1.80 bits per heavy atom. The molecular weight excluding hydrogens is 509 g/mol. The third-order valence-corrected chi connectivity index (χ3v) is 5.46. The number of nitriles is 2. The number of H-pyrrole nitrogens is 2. The molecule has 0 unspecified atom stereocenters. The van der Waals surface area contributed by atoms with Gasteiger partial charge in [0.2, 0.25) is 0 Å². The lowest BCUT2D eigenvalue weighted by atomic mass is 10.3. The molecular formula is C18H11F3N10O2S2. The summed E-state index contributed by atoms with van der Waals surface area (Å²) in [6, 6.07) is 5.90. The van der Waals surface area contributed by atoms with Gasteiger partial charge in [0.25, 0.3) is 11.1 Å². The monoisotopic (exact) mass is 520 g/mol. The molecule has 0 aliphatic rings. The zero-order valence-corrected chi connectivity index (χ0v) is 18.9. The van der Waals surface area contributed by atoms with Gasteiger partial charge in [-0.2, -0.15) is 23.7 Å². The molecule has 0 amide bonds. The van der Waals surface area contributed by atoms with Gasteiger partial charge in [0.1, 0.15) is 52.1 Å². The lowest BCUT2D eigenvalue weighted by molar-refractivity contribution is -0.141. The summed E-state index contributed by atoms with van der Waals surface area (Å²) < 4.78 is 42.1. The van der Waals surface area contributed by atoms with Gasteiger partial charge in [-0.25, -0.2) is 19.9 Å². The lowest BCUT2D eigenvalue weighted by Gasteiger charge is -2.07. The molecule has 4 rings (SSSR count). The van der Waals surface area contributed by atoms with E-state index in [0.29, 0.717) is 16.9 Å². The molecule has 0 fully saturated rings. The van der Waals surface area contributed by atoms with Crippen molar-refractivity contribution in [2.24, 2.45) is 0 Å². The van der Waals surface area contributed by atoms with Crippen LogP contribution in [-0.4, -0.2) is 28.7 Å². The van der Waals surface area contributed by atoms with Crippen LogP contribution in [0.15, 0.2) is 34.4 Å². The number of hydrogen-bond donors (Lipinski definition) is 4. The van der Waals surface area contributed by atoms with Crippen molar-refractivity contribution in [1.82, 2.24) is 28.7 Å². The number of rotatable bonds is 4. The molecule has 0 saturated heterocycles. The van der Waals surface area contributed by atoms with Gasteiger partial charge in [0, 0.05) is 17.8 Å². The minimum atomic E-state index is -4.59. The Morgan fingerprint density at radius 2 is 1.34 bits per heavy atom. The van der Waals surface area contributed by atoms with E-state index in [2.05, 4.69) is 39.3 Å². The first kappa shape index (κ1) is 25.0. The summed E-state index contributed by atoms with van der Waals surface area (Å²) in [7, 11) is 0. The van der Waals surface area contributed by atoms with Crippen LogP contribution in [-0.2, 0) is 6.18 Å². The van der Waals surface area contributed by atoms with Gasteiger partial charge in [-0.05, 0) is 30.0 Å². The van der Waals surface area contributed by atoms with Crippen LogP contribution in [0.5, 0.6) is 0 Å². The third-order valence-electron chi connectivity index (χ3n) is 3.87. The normalized spacial score (nSPS) is 10.5. The first-order valence-electron chi connectivity index (χ1n) is 9.07. The van der Waals surface area contributed by atoms with Crippen LogP contribution in [0.2, 0.25) is 0 Å². The van der Waals surface area contributed by atoms with Gasteiger partial charge in [-0.3, -0.25) is 18.3 Å². The first-order valence-corrected chi connectivity index (χ1v) is 10.7. The van der Waals surface area contributed by atoms with Crippen LogP contribution in [0.4, 0.5) is 34.8 Å². The summed E-state index contributed by atoms with van der Waals surface area (Å²) >= 11 is 1.87. The van der Waals surface area contributed by atoms with Crippen LogP contribution in [0.1, 0.15) is 22.5 Å². The molecule has 0 atom stereocenters. The van der Waals surface area contributed by atoms with Crippen LogP contribution in [0.3, 0.4) is 0 Å². The molecule has 12 nitrogen and oxygen atoms in total. The van der Waals surface area contributed by atoms with Crippen molar-refractivity contribution in [3.05, 3.63) is 68.0 Å². The van der Waals surface area contributed by atoms with E-state index in [0.717, 1.165) is 35.1 Å². The minimum Gasteiger partial charge on any atom is -0.329 e. The quantitative estimate of drug-likeness (QED) is 0.311. The number of aromatic amines is 2. The number of aryl methyl sites for hydroxylation is 1. The second-order valence-electron chi connectivity index (χ2n) is 6.28. The van der Waals surface area contributed by atoms with E-state index in [1.165, 1.54) is 6.33 Å². The fraction of sp³-hybridized carbons (Fsp3) is 0.111. The molecule has 4 heterocycles. The van der Waals surface area contributed by atoms with E-state index in [-0.39, 0.29) is 27.5 Å². The fourth-order valence-electron chi connectivity index (χ4n) is 2.32. The van der Waals surface area contributed by atoms with Crippen molar-refractivity contribution >= 4 is 44.7 Å². The number of halogens is 3. The van der Waals surface area contributed by atoms with Crippen molar-refractivity contribution in [3.8, 4) is 12.1 Å². The second-order valence-corrected chi connectivity index (χ2v) is 7.91. The van der Waals surface area contributed by atoms with Crippen molar-refractivity contribution < 1.29 is 13.2 Å². The number of hydrogen-bond acceptors (Lipinski definition) is 12. The van der Waals surface area contributed by atoms with Crippen molar-refractivity contribution in [1.29, 1.82) is 10.5 Å². The number of aromatic nitrogens is 6. The molecule has 0 aliphatic heterocycles. The van der Waals surface area contributed by atoms with E-state index in [1.807, 2.05) is 13.0 Å². The summed E-state index contributed by atoms with van der Waals surface area (Å²) in [4.78, 5) is 37.0.